The van der Waals surface area contributed by atoms with E-state index < -0.39 is 16.1 Å². The lowest BCUT2D eigenvalue weighted by Gasteiger charge is -2.17. The first kappa shape index (κ1) is 14.8. The Balaban J connectivity index is 2.27. The quantitative estimate of drug-likeness (QED) is 0.607. The Morgan fingerprint density at radius 2 is 2.05 bits per heavy atom. The van der Waals surface area contributed by atoms with Gasteiger partial charge in [0.25, 0.3) is 0 Å². The first-order valence-corrected chi connectivity index (χ1v) is 7.72. The first-order valence-electron chi connectivity index (χ1n) is 6.24. The number of halogens is 2. The zero-order chi connectivity index (χ0) is 14.2. The highest BCUT2D eigenvalue weighted by atomic mass is 35.5. The molecule has 1 saturated carbocycles. The van der Waals surface area contributed by atoms with Gasteiger partial charge in [-0.1, -0.05) is 16.0 Å². The van der Waals surface area contributed by atoms with Crippen LogP contribution in [0.2, 0.25) is 5.02 Å². The molecule has 0 aliphatic heterocycles. The van der Waals surface area contributed by atoms with Crippen LogP contribution >= 0.6 is 11.6 Å². The van der Waals surface area contributed by atoms with Crippen LogP contribution in [0.3, 0.4) is 0 Å². The van der Waals surface area contributed by atoms with E-state index in [1.54, 1.807) is 6.07 Å². The molecule has 0 unspecified atom stereocenters. The van der Waals surface area contributed by atoms with Gasteiger partial charge in [0.05, 0.1) is 6.21 Å². The lowest BCUT2D eigenvalue weighted by atomic mass is 10.1. The van der Waals surface area contributed by atoms with E-state index in [9.17, 15) is 8.94 Å². The van der Waals surface area contributed by atoms with Crippen molar-refractivity contribution < 1.29 is 8.94 Å². The molecule has 0 spiro atoms. The van der Waals surface area contributed by atoms with Gasteiger partial charge in [-0.15, -0.1) is 0 Å². The third-order valence-corrected chi connectivity index (χ3v) is 4.49. The molecule has 2 rings (SSSR count). The van der Waals surface area contributed by atoms with Crippen molar-refractivity contribution in [3.8, 4) is 0 Å². The summed E-state index contributed by atoms with van der Waals surface area (Å²) in [6.45, 7) is 5.47. The van der Waals surface area contributed by atoms with E-state index in [0.29, 0.717) is 16.1 Å². The van der Waals surface area contributed by atoms with E-state index in [0.717, 1.165) is 12.8 Å². The third kappa shape index (κ3) is 3.71. The van der Waals surface area contributed by atoms with E-state index in [-0.39, 0.29) is 11.7 Å². The number of nitrogens with zero attached hydrogens (tertiary/aromatic N) is 1. The normalized spacial score (nSPS) is 18.0. The molecule has 2 nitrogen and oxygen atoms in total. The summed E-state index contributed by atoms with van der Waals surface area (Å²) in [5.41, 5.74) is 0.961. The maximum absolute atomic E-state index is 14.2. The van der Waals surface area contributed by atoms with Gasteiger partial charge in [-0.05, 0) is 57.2 Å². The highest BCUT2D eigenvalue weighted by Crippen LogP contribution is 2.42. The zero-order valence-corrected chi connectivity index (χ0v) is 12.8. The molecule has 1 aliphatic rings. The Morgan fingerprint density at radius 3 is 2.58 bits per heavy atom. The Hall–Kier alpha value is -0.580. The second-order valence-electron chi connectivity index (χ2n) is 5.77. The Kier molecular flexibility index (Phi) is 4.23. The van der Waals surface area contributed by atoms with Gasteiger partial charge in [-0.2, -0.15) is 0 Å². The Bertz CT molecular complexity index is 509. The van der Waals surface area contributed by atoms with Crippen molar-refractivity contribution in [1.29, 1.82) is 0 Å². The van der Waals surface area contributed by atoms with Gasteiger partial charge in [-0.25, -0.2) is 4.39 Å². The largest absolute Gasteiger partial charge is 0.591 e. The fraction of sp³-hybridized carbons (Fsp3) is 0.500. The fourth-order valence-electron chi connectivity index (χ4n) is 1.68. The van der Waals surface area contributed by atoms with E-state index in [1.165, 1.54) is 12.3 Å². The summed E-state index contributed by atoms with van der Waals surface area (Å²) in [6, 6.07) is 3.19. The summed E-state index contributed by atoms with van der Waals surface area (Å²) >= 11 is 4.60. The smallest absolute Gasteiger partial charge is 0.144 e. The van der Waals surface area contributed by atoms with Crippen LogP contribution in [0.25, 0.3) is 0 Å². The minimum Gasteiger partial charge on any atom is -0.591 e. The molecule has 0 N–H and O–H groups in total. The van der Waals surface area contributed by atoms with Crippen LogP contribution in [-0.4, -0.2) is 15.5 Å². The lowest BCUT2D eigenvalue weighted by molar-refractivity contribution is 0.561. The van der Waals surface area contributed by atoms with Crippen LogP contribution in [0.5, 0.6) is 0 Å². The van der Waals surface area contributed by atoms with Crippen molar-refractivity contribution >= 4 is 29.2 Å². The number of hydrogen-bond donors (Lipinski definition) is 0. The molecule has 0 radical (unpaired) electrons. The fourth-order valence-corrected chi connectivity index (χ4v) is 2.44. The van der Waals surface area contributed by atoms with E-state index in [2.05, 4.69) is 4.40 Å². The molecule has 0 heterocycles. The van der Waals surface area contributed by atoms with Crippen molar-refractivity contribution in [2.45, 2.75) is 44.3 Å². The van der Waals surface area contributed by atoms with Gasteiger partial charge in [0, 0.05) is 10.6 Å². The van der Waals surface area contributed by atoms with E-state index in [1.807, 2.05) is 20.8 Å². The summed E-state index contributed by atoms with van der Waals surface area (Å²) in [7, 11) is 0. The van der Waals surface area contributed by atoms with Crippen molar-refractivity contribution in [2.75, 3.05) is 0 Å². The molecule has 0 bridgehead atoms. The molecule has 1 aromatic carbocycles. The van der Waals surface area contributed by atoms with Crippen molar-refractivity contribution in [3.05, 3.63) is 34.1 Å². The van der Waals surface area contributed by atoms with Crippen molar-refractivity contribution in [2.24, 2.45) is 4.40 Å². The van der Waals surface area contributed by atoms with Gasteiger partial charge >= 0.3 is 0 Å². The third-order valence-electron chi connectivity index (χ3n) is 2.92. The summed E-state index contributed by atoms with van der Waals surface area (Å²) in [4.78, 5) is 0. The number of benzene rings is 1. The summed E-state index contributed by atoms with van der Waals surface area (Å²) in [5.74, 6) is -0.0134. The van der Waals surface area contributed by atoms with Crippen molar-refractivity contribution in [3.63, 3.8) is 0 Å². The van der Waals surface area contributed by atoms with Gasteiger partial charge in [0.15, 0.2) is 0 Å². The van der Waals surface area contributed by atoms with Gasteiger partial charge in [-0.3, -0.25) is 0 Å². The Morgan fingerprint density at radius 1 is 1.42 bits per heavy atom. The van der Waals surface area contributed by atoms with Crippen LogP contribution in [-0.2, 0) is 11.4 Å². The molecule has 1 fully saturated rings. The zero-order valence-electron chi connectivity index (χ0n) is 11.2. The molecular weight excluding hydrogens is 285 g/mol. The highest BCUT2D eigenvalue weighted by Gasteiger charge is 2.29. The molecule has 0 aromatic heterocycles. The summed E-state index contributed by atoms with van der Waals surface area (Å²) in [6.07, 6.45) is 3.33. The highest BCUT2D eigenvalue weighted by molar-refractivity contribution is 7.91. The topological polar surface area (TPSA) is 35.4 Å². The second kappa shape index (κ2) is 5.43. The molecule has 0 saturated heterocycles. The molecule has 104 valence electrons. The maximum atomic E-state index is 14.2. The molecule has 0 amide bonds. The average Bonchev–Trinajstić information content (AvgIpc) is 3.12. The predicted molar refractivity (Wildman–Crippen MR) is 78.9 cm³/mol. The lowest BCUT2D eigenvalue weighted by Crippen LogP contribution is -2.25. The Labute approximate surface area is 121 Å². The molecule has 5 heteroatoms. The minimum atomic E-state index is -1.39. The molecule has 1 aromatic rings. The molecule has 1 atom stereocenters. The number of hydrogen-bond acceptors (Lipinski definition) is 2. The van der Waals surface area contributed by atoms with Crippen molar-refractivity contribution in [1.82, 2.24) is 0 Å². The van der Waals surface area contributed by atoms with Crippen LogP contribution in [0.15, 0.2) is 16.5 Å². The molecular formula is C14H17ClFNOS. The standard InChI is InChI=1S/C14H17ClFNOS/c1-14(2,3)19(18)17-8-10-6-11(15)7-12(13(10)16)9-4-5-9/h6-9H,4-5H2,1-3H3/b17-8+/t19-/m0/s1. The van der Waals surface area contributed by atoms with E-state index in [4.69, 9.17) is 11.6 Å². The monoisotopic (exact) mass is 301 g/mol. The average molecular weight is 302 g/mol. The number of rotatable bonds is 3. The van der Waals surface area contributed by atoms with Gasteiger partial charge in [0.1, 0.15) is 21.9 Å². The van der Waals surface area contributed by atoms with Crippen LogP contribution < -0.4 is 0 Å². The first-order chi connectivity index (χ1) is 8.79. The SMILES string of the molecule is CC(C)(C)[S@+]([O-])/N=C/c1cc(Cl)cc(C2CC2)c1F. The van der Waals surface area contributed by atoms with E-state index >= 15 is 0 Å². The maximum Gasteiger partial charge on any atom is 0.144 e. The van der Waals surface area contributed by atoms with Crippen LogP contribution in [0.1, 0.15) is 50.7 Å². The molecule has 19 heavy (non-hydrogen) atoms. The summed E-state index contributed by atoms with van der Waals surface area (Å²) in [5, 5.41) is 0.492. The molecule has 1 aliphatic carbocycles. The second-order valence-corrected chi connectivity index (χ2v) is 8.14. The predicted octanol–water partition coefficient (Wildman–Crippen LogP) is 4.24. The van der Waals surface area contributed by atoms with Gasteiger partial charge in [0.2, 0.25) is 0 Å². The minimum absolute atomic E-state index is 0.277. The van der Waals surface area contributed by atoms with Crippen LogP contribution in [0.4, 0.5) is 4.39 Å². The van der Waals surface area contributed by atoms with Crippen LogP contribution in [0, 0.1) is 5.82 Å². The summed E-state index contributed by atoms with van der Waals surface area (Å²) < 4.78 is 29.5. The van der Waals surface area contributed by atoms with Gasteiger partial charge < -0.3 is 4.55 Å².